The monoisotopic (exact) mass is 554 g/mol. The molecule has 0 fully saturated rings. The average molecular weight is 555 g/mol. The van der Waals surface area contributed by atoms with Gasteiger partial charge in [0.1, 0.15) is 21.5 Å². The number of aromatic nitrogens is 1. The van der Waals surface area contributed by atoms with E-state index in [9.17, 15) is 8.42 Å². The summed E-state index contributed by atoms with van der Waals surface area (Å²) in [6.45, 7) is 0. The van der Waals surface area contributed by atoms with Gasteiger partial charge < -0.3 is 33.1 Å². The van der Waals surface area contributed by atoms with Gasteiger partial charge in [-0.2, -0.15) is 0 Å². The maximum Gasteiger partial charge on any atom is 0.192 e. The first-order chi connectivity index (χ1) is 18.8. The van der Waals surface area contributed by atoms with Crippen molar-refractivity contribution < 1.29 is 41.8 Å². The minimum atomic E-state index is -4.23. The van der Waals surface area contributed by atoms with Crippen LogP contribution in [0.1, 0.15) is 11.3 Å². The van der Waals surface area contributed by atoms with Crippen molar-refractivity contribution in [2.75, 3.05) is 42.7 Å². The van der Waals surface area contributed by atoms with Crippen molar-refractivity contribution in [3.8, 4) is 34.5 Å². The summed E-state index contributed by atoms with van der Waals surface area (Å²) in [7, 11) is 4.74. The highest BCUT2D eigenvalue weighted by Crippen LogP contribution is 2.43. The topological polar surface area (TPSA) is 118 Å². The highest BCUT2D eigenvalue weighted by atomic mass is 32.2. The van der Waals surface area contributed by atoms with E-state index in [0.29, 0.717) is 34.3 Å². The van der Waals surface area contributed by atoms with Crippen molar-refractivity contribution in [1.29, 1.82) is 0 Å². The van der Waals surface area contributed by atoms with E-state index in [-0.39, 0.29) is 22.8 Å². The Morgan fingerprint density at radius 3 is 1.95 bits per heavy atom. The highest BCUT2D eigenvalue weighted by molar-refractivity contribution is 7.94. The third kappa shape index (κ3) is 5.58. The summed E-state index contributed by atoms with van der Waals surface area (Å²) in [4.78, 5) is 3.15. The Morgan fingerprint density at radius 2 is 1.31 bits per heavy atom. The van der Waals surface area contributed by atoms with E-state index in [1.54, 1.807) is 32.5 Å². The summed E-state index contributed by atoms with van der Waals surface area (Å²) in [6, 6.07) is 13.4. The van der Waals surface area contributed by atoms with Crippen LogP contribution in [0.25, 0.3) is 15.5 Å². The highest BCUT2D eigenvalue weighted by Gasteiger charge is 2.19. The van der Waals surface area contributed by atoms with Gasteiger partial charge in [-0.25, -0.2) is 13.4 Å². The Kier molecular flexibility index (Phi) is 8.20. The molecule has 10 nitrogen and oxygen atoms in total. The lowest BCUT2D eigenvalue weighted by atomic mass is 10.0. The number of nitrogens with one attached hydrogen (secondary N) is 1. The fourth-order valence-electron chi connectivity index (χ4n) is 4.24. The van der Waals surface area contributed by atoms with Gasteiger partial charge in [-0.3, -0.25) is 0 Å². The molecule has 0 spiro atoms. The van der Waals surface area contributed by atoms with E-state index in [4.69, 9.17) is 28.4 Å². The molecule has 0 aliphatic heterocycles. The van der Waals surface area contributed by atoms with Gasteiger partial charge in [0.05, 0.1) is 59.4 Å². The Labute approximate surface area is 227 Å². The lowest BCUT2D eigenvalue weighted by Gasteiger charge is -2.27. The molecule has 1 heterocycles. The summed E-state index contributed by atoms with van der Waals surface area (Å²) >= 11 is 0. The smallest absolute Gasteiger partial charge is 0.192 e. The second-order valence-corrected chi connectivity index (χ2v) is 9.92. The number of aromatic amines is 1. The summed E-state index contributed by atoms with van der Waals surface area (Å²) in [5, 5.41) is 1.78. The minimum Gasteiger partial charge on any atom is -0.572 e. The molecular formula is C28H30N2O8S. The van der Waals surface area contributed by atoms with Crippen LogP contribution in [0.4, 0.5) is 5.69 Å². The number of methoxy groups -OCH3 is 6. The zero-order valence-electron chi connectivity index (χ0n) is 22.5. The van der Waals surface area contributed by atoms with Crippen molar-refractivity contribution >= 4 is 26.5 Å². The molecular weight excluding hydrogens is 524 g/mol. The maximum absolute atomic E-state index is 13.6. The fourth-order valence-corrected chi connectivity index (χ4v) is 5.44. The molecule has 0 saturated carbocycles. The maximum atomic E-state index is 13.6. The van der Waals surface area contributed by atoms with Crippen LogP contribution in [0.2, 0.25) is 0 Å². The Morgan fingerprint density at radius 1 is 0.692 bits per heavy atom. The fraction of sp³-hybridized carbons (Fsp3) is 0.250. The number of rotatable bonds is 11. The predicted octanol–water partition coefficient (Wildman–Crippen LogP) is 4.69. The molecule has 4 aromatic rings. The Bertz CT molecular complexity index is 1610. The molecule has 0 aliphatic carbocycles. The largest absolute Gasteiger partial charge is 0.572 e. The quantitative estimate of drug-likeness (QED) is 0.262. The van der Waals surface area contributed by atoms with Crippen LogP contribution < -0.4 is 33.4 Å². The minimum absolute atomic E-state index is 0.126. The van der Waals surface area contributed by atoms with Gasteiger partial charge in [-0.15, -0.1) is 5.69 Å². The van der Waals surface area contributed by atoms with Gasteiger partial charge in [0.25, 0.3) is 0 Å². The molecule has 206 valence electrons. The summed E-state index contributed by atoms with van der Waals surface area (Å²) in [6.07, 6.45) is 2.09. The van der Waals surface area contributed by atoms with Gasteiger partial charge in [-0.05, 0) is 47.3 Å². The Balaban J connectivity index is 1.85. The van der Waals surface area contributed by atoms with E-state index in [2.05, 4.69) is 9.71 Å². The van der Waals surface area contributed by atoms with E-state index in [1.165, 1.54) is 46.6 Å². The number of nitrogens with zero attached hydrogens (tertiary/aromatic N) is 1. The predicted molar refractivity (Wildman–Crippen MR) is 146 cm³/mol. The molecule has 4 rings (SSSR count). The molecule has 0 bridgehead atoms. The third-order valence-electron chi connectivity index (χ3n) is 6.22. The van der Waals surface area contributed by atoms with Crippen molar-refractivity contribution in [3.05, 3.63) is 70.7 Å². The molecule has 0 unspecified atom stereocenters. The van der Waals surface area contributed by atoms with E-state index in [0.717, 1.165) is 16.5 Å². The average Bonchev–Trinajstić information content (AvgIpc) is 2.96. The molecule has 0 saturated heterocycles. The van der Waals surface area contributed by atoms with Gasteiger partial charge >= 0.3 is 0 Å². The van der Waals surface area contributed by atoms with Gasteiger partial charge in [0.15, 0.2) is 34.9 Å². The summed E-state index contributed by atoms with van der Waals surface area (Å²) < 4.78 is 63.8. The molecule has 39 heavy (non-hydrogen) atoms. The van der Waals surface area contributed by atoms with Gasteiger partial charge in [-0.1, -0.05) is 0 Å². The lowest BCUT2D eigenvalue weighted by Crippen LogP contribution is -2.12. The van der Waals surface area contributed by atoms with Crippen LogP contribution in [0.3, 0.4) is 0 Å². The Hall–Kier alpha value is -4.38. The molecule has 3 aromatic carbocycles. The first kappa shape index (κ1) is 27.6. The lowest BCUT2D eigenvalue weighted by molar-refractivity contribution is -0.387. The molecule has 0 atom stereocenters. The number of H-pyrrole nitrogens is 1. The number of pyridine rings is 1. The van der Waals surface area contributed by atoms with Crippen LogP contribution in [0, 0.1) is 0 Å². The van der Waals surface area contributed by atoms with Crippen LogP contribution in [-0.4, -0.2) is 51.1 Å². The van der Waals surface area contributed by atoms with Crippen LogP contribution in [-0.2, 0) is 16.4 Å². The first-order valence-electron chi connectivity index (χ1n) is 11.8. The number of ether oxygens (including phenoxy) is 6. The summed E-state index contributed by atoms with van der Waals surface area (Å²) in [5.41, 5.74) is 1.56. The zero-order chi connectivity index (χ0) is 28.2. The second-order valence-electron chi connectivity index (χ2n) is 8.35. The standard InChI is InChI=1S/C28H29N2O8S/c1-33-19-7-8-23(34-2)28(14-19)39(31,32)30-21-16-27(38-6)25(36-4)13-18(21)11-22-20-15-26(37-5)24(35-3)12-17(20)9-10-29-22/h7-10,12-16H,11H2,1-6H3/q-1/p+1. The number of sulfonamides is 1. The molecule has 11 heteroatoms. The molecule has 0 amide bonds. The third-order valence-corrected chi connectivity index (χ3v) is 7.53. The number of fused-ring (bicyclic) bond motifs is 1. The van der Waals surface area contributed by atoms with E-state index < -0.39 is 10.0 Å². The van der Waals surface area contributed by atoms with E-state index in [1.807, 2.05) is 18.2 Å². The van der Waals surface area contributed by atoms with Crippen molar-refractivity contribution in [1.82, 2.24) is 0 Å². The van der Waals surface area contributed by atoms with Crippen molar-refractivity contribution in [2.24, 2.45) is 0 Å². The summed E-state index contributed by atoms with van der Waals surface area (Å²) in [5.74, 6) is 2.43. The first-order valence-corrected chi connectivity index (χ1v) is 13.2. The van der Waals surface area contributed by atoms with Crippen LogP contribution in [0.15, 0.2) is 59.6 Å². The van der Waals surface area contributed by atoms with Crippen molar-refractivity contribution in [3.63, 3.8) is 0 Å². The molecule has 1 N–H and O–H groups in total. The second kappa shape index (κ2) is 11.6. The molecule has 0 aliphatic rings. The molecule has 1 aromatic heterocycles. The van der Waals surface area contributed by atoms with E-state index >= 15 is 0 Å². The van der Waals surface area contributed by atoms with Crippen LogP contribution >= 0.6 is 0 Å². The van der Waals surface area contributed by atoms with Gasteiger partial charge in [0, 0.05) is 12.1 Å². The van der Waals surface area contributed by atoms with Crippen molar-refractivity contribution in [2.45, 2.75) is 11.3 Å². The SMILES string of the molecule is COc1ccc(OC)c(S(=O)(=O)[N-]c2cc(OC)c(OC)cc2Cc2[nH+]ccc3cc(OC)c(OC)cc23)c1. The number of hydrogen-bond donors (Lipinski definition) is 0. The molecule has 0 radical (unpaired) electrons. The number of hydrogen-bond acceptors (Lipinski definition) is 8. The number of benzene rings is 3. The van der Waals surface area contributed by atoms with Crippen LogP contribution in [0.5, 0.6) is 34.5 Å². The zero-order valence-corrected chi connectivity index (χ0v) is 23.3. The van der Waals surface area contributed by atoms with Gasteiger partial charge in [0.2, 0.25) is 0 Å². The normalized spacial score (nSPS) is 11.1.